The van der Waals surface area contributed by atoms with Crippen LogP contribution in [0.25, 0.3) is 0 Å². The number of hydrogen-bond acceptors (Lipinski definition) is 3. The van der Waals surface area contributed by atoms with Gasteiger partial charge in [-0.25, -0.2) is 0 Å². The minimum absolute atomic E-state index is 0. The molecular weight excluding hydrogens is 374 g/mol. The Balaban J connectivity index is 0.00000225. The molecule has 1 aromatic heterocycles. The third kappa shape index (κ3) is 5.07. The van der Waals surface area contributed by atoms with E-state index in [1.807, 2.05) is 12.1 Å². The molecule has 1 aromatic carbocycles. The molecule has 3 rings (SSSR count). The lowest BCUT2D eigenvalue weighted by atomic mass is 10.0. The average Bonchev–Trinajstić information content (AvgIpc) is 2.55. The predicted molar refractivity (Wildman–Crippen MR) is 94.0 cm³/mol. The van der Waals surface area contributed by atoms with Gasteiger partial charge in [0.1, 0.15) is 0 Å². The van der Waals surface area contributed by atoms with Crippen LogP contribution in [0.15, 0.2) is 42.7 Å². The van der Waals surface area contributed by atoms with Crippen LogP contribution >= 0.6 is 24.0 Å². The fourth-order valence-electron chi connectivity index (χ4n) is 2.99. The van der Waals surface area contributed by atoms with Gasteiger partial charge in [-0.15, -0.1) is 12.4 Å². The monoisotopic (exact) mass is 391 g/mol. The van der Waals surface area contributed by atoms with Gasteiger partial charge in [-0.1, -0.05) is 11.6 Å². The smallest absolute Gasteiger partial charge is 0.314 e. The second-order valence-corrected chi connectivity index (χ2v) is 6.25. The Kier molecular flexibility index (Phi) is 6.68. The fourth-order valence-corrected chi connectivity index (χ4v) is 3.25. The van der Waals surface area contributed by atoms with Crippen molar-refractivity contribution in [2.75, 3.05) is 19.6 Å². The van der Waals surface area contributed by atoms with Crippen molar-refractivity contribution >= 4 is 24.0 Å². The first-order valence-electron chi connectivity index (χ1n) is 7.65. The summed E-state index contributed by atoms with van der Waals surface area (Å²) in [4.78, 5) is 6.18. The zero-order valence-corrected chi connectivity index (χ0v) is 14.8. The van der Waals surface area contributed by atoms with Crippen molar-refractivity contribution < 1.29 is 13.2 Å². The van der Waals surface area contributed by atoms with E-state index in [9.17, 15) is 13.2 Å². The van der Waals surface area contributed by atoms with Crippen LogP contribution in [0.3, 0.4) is 0 Å². The first kappa shape index (κ1) is 20.0. The third-order valence-corrected chi connectivity index (χ3v) is 4.33. The molecule has 2 aromatic rings. The van der Waals surface area contributed by atoms with Crippen molar-refractivity contribution in [1.29, 1.82) is 0 Å². The van der Waals surface area contributed by atoms with Gasteiger partial charge in [-0.2, -0.15) is 13.2 Å². The Hall–Kier alpha value is -1.34. The summed E-state index contributed by atoms with van der Waals surface area (Å²) in [6.45, 7) is 2.71. The summed E-state index contributed by atoms with van der Waals surface area (Å²) in [5, 5.41) is 3.43. The van der Waals surface area contributed by atoms with E-state index in [0.29, 0.717) is 12.1 Å². The number of piperazine rings is 1. The van der Waals surface area contributed by atoms with E-state index in [1.54, 1.807) is 18.5 Å². The second kappa shape index (κ2) is 8.36. The van der Waals surface area contributed by atoms with Crippen molar-refractivity contribution in [2.45, 2.75) is 18.8 Å². The molecule has 3 nitrogen and oxygen atoms in total. The number of aromatic nitrogens is 1. The molecule has 0 saturated carbocycles. The SMILES string of the molecule is Cl.FC(F)(F)c1cc(Cl)cc(CN2CCNCC2c2ccncc2)c1. The zero-order valence-electron chi connectivity index (χ0n) is 13.3. The topological polar surface area (TPSA) is 28.2 Å². The molecule has 2 heterocycles. The van der Waals surface area contributed by atoms with E-state index >= 15 is 0 Å². The van der Waals surface area contributed by atoms with Gasteiger partial charge in [-0.05, 0) is 41.5 Å². The molecule has 1 aliphatic rings. The molecule has 1 saturated heterocycles. The van der Waals surface area contributed by atoms with Gasteiger partial charge in [0.25, 0.3) is 0 Å². The summed E-state index contributed by atoms with van der Waals surface area (Å²) in [5.41, 5.74) is 0.951. The summed E-state index contributed by atoms with van der Waals surface area (Å²) in [5.74, 6) is 0. The minimum atomic E-state index is -4.40. The molecule has 136 valence electrons. The van der Waals surface area contributed by atoms with Crippen LogP contribution in [-0.4, -0.2) is 29.5 Å². The minimum Gasteiger partial charge on any atom is -0.314 e. The molecule has 1 N–H and O–H groups in total. The van der Waals surface area contributed by atoms with Gasteiger partial charge in [0.15, 0.2) is 0 Å². The van der Waals surface area contributed by atoms with Crippen molar-refractivity contribution in [3.05, 3.63) is 64.4 Å². The molecule has 1 fully saturated rings. The number of rotatable bonds is 3. The lowest BCUT2D eigenvalue weighted by Crippen LogP contribution is -2.45. The van der Waals surface area contributed by atoms with Crippen LogP contribution in [0, 0.1) is 0 Å². The molecule has 0 aliphatic carbocycles. The summed E-state index contributed by atoms with van der Waals surface area (Å²) >= 11 is 5.89. The van der Waals surface area contributed by atoms with Gasteiger partial charge < -0.3 is 5.32 Å². The highest BCUT2D eigenvalue weighted by Gasteiger charge is 2.31. The fraction of sp³-hybridized carbons (Fsp3) is 0.353. The van der Waals surface area contributed by atoms with Crippen molar-refractivity contribution in [3.8, 4) is 0 Å². The van der Waals surface area contributed by atoms with E-state index in [0.717, 1.165) is 31.3 Å². The molecule has 0 amide bonds. The summed E-state index contributed by atoms with van der Waals surface area (Å²) in [6, 6.07) is 7.70. The molecule has 0 bridgehead atoms. The lowest BCUT2D eigenvalue weighted by Gasteiger charge is -2.36. The number of hydrogen-bond donors (Lipinski definition) is 1. The number of nitrogens with zero attached hydrogens (tertiary/aromatic N) is 2. The second-order valence-electron chi connectivity index (χ2n) is 5.82. The number of benzene rings is 1. The summed E-state index contributed by atoms with van der Waals surface area (Å²) in [7, 11) is 0. The number of nitrogens with one attached hydrogen (secondary N) is 1. The summed E-state index contributed by atoms with van der Waals surface area (Å²) < 4.78 is 38.9. The number of halogens is 5. The quantitative estimate of drug-likeness (QED) is 0.844. The van der Waals surface area contributed by atoms with Crippen molar-refractivity contribution in [2.24, 2.45) is 0 Å². The molecule has 1 atom stereocenters. The van der Waals surface area contributed by atoms with Gasteiger partial charge in [-0.3, -0.25) is 9.88 Å². The standard InChI is InChI=1S/C17H17ClF3N3.ClH/c18-15-8-12(7-14(9-15)17(19,20)21)11-24-6-5-23-10-16(24)13-1-3-22-4-2-13;/h1-4,7-9,16,23H,5-6,10-11H2;1H. The summed E-state index contributed by atoms with van der Waals surface area (Å²) in [6.07, 6.45) is -0.944. The molecule has 1 aliphatic heterocycles. The maximum absolute atomic E-state index is 13.0. The van der Waals surface area contributed by atoms with Crippen LogP contribution in [0.5, 0.6) is 0 Å². The largest absolute Gasteiger partial charge is 0.416 e. The Morgan fingerprint density at radius 2 is 1.92 bits per heavy atom. The predicted octanol–water partition coefficient (Wildman–Crippen LogP) is 4.32. The molecule has 8 heteroatoms. The van der Waals surface area contributed by atoms with E-state index in [2.05, 4.69) is 15.2 Å². The van der Waals surface area contributed by atoms with E-state index in [4.69, 9.17) is 11.6 Å². The molecule has 0 spiro atoms. The molecule has 1 unspecified atom stereocenters. The first-order valence-corrected chi connectivity index (χ1v) is 8.02. The number of pyridine rings is 1. The highest BCUT2D eigenvalue weighted by molar-refractivity contribution is 6.30. The Morgan fingerprint density at radius 1 is 1.20 bits per heavy atom. The lowest BCUT2D eigenvalue weighted by molar-refractivity contribution is -0.137. The van der Waals surface area contributed by atoms with Crippen LogP contribution in [0.1, 0.15) is 22.7 Å². The van der Waals surface area contributed by atoms with E-state index in [-0.39, 0.29) is 23.5 Å². The number of alkyl halides is 3. The van der Waals surface area contributed by atoms with Gasteiger partial charge in [0.2, 0.25) is 0 Å². The normalized spacial score (nSPS) is 18.6. The van der Waals surface area contributed by atoms with Crippen LogP contribution in [0.4, 0.5) is 13.2 Å². The Bertz CT molecular complexity index is 695. The molecule has 0 radical (unpaired) electrons. The highest BCUT2D eigenvalue weighted by atomic mass is 35.5. The average molecular weight is 392 g/mol. The van der Waals surface area contributed by atoms with Gasteiger partial charge in [0, 0.05) is 49.6 Å². The van der Waals surface area contributed by atoms with Gasteiger partial charge >= 0.3 is 6.18 Å². The van der Waals surface area contributed by atoms with E-state index < -0.39 is 11.7 Å². The van der Waals surface area contributed by atoms with Crippen molar-refractivity contribution in [1.82, 2.24) is 15.2 Å². The molecular formula is C17H18Cl2F3N3. The van der Waals surface area contributed by atoms with E-state index in [1.165, 1.54) is 6.07 Å². The van der Waals surface area contributed by atoms with Crippen molar-refractivity contribution in [3.63, 3.8) is 0 Å². The van der Waals surface area contributed by atoms with Crippen LogP contribution < -0.4 is 5.32 Å². The zero-order chi connectivity index (χ0) is 17.2. The van der Waals surface area contributed by atoms with Gasteiger partial charge in [0.05, 0.1) is 5.56 Å². The molecule has 25 heavy (non-hydrogen) atoms. The maximum Gasteiger partial charge on any atom is 0.416 e. The third-order valence-electron chi connectivity index (χ3n) is 4.12. The maximum atomic E-state index is 13.0. The van der Waals surface area contributed by atoms with Crippen LogP contribution in [-0.2, 0) is 12.7 Å². The Morgan fingerprint density at radius 3 is 2.60 bits per heavy atom. The first-order chi connectivity index (χ1) is 11.4. The highest BCUT2D eigenvalue weighted by Crippen LogP contribution is 2.33. The van der Waals surface area contributed by atoms with Crippen LogP contribution in [0.2, 0.25) is 5.02 Å². The Labute approximate surface area is 155 Å².